The van der Waals surface area contributed by atoms with E-state index in [1.807, 2.05) is 13.8 Å². The van der Waals surface area contributed by atoms with Gasteiger partial charge in [0, 0.05) is 6.20 Å². The van der Waals surface area contributed by atoms with Gasteiger partial charge in [-0.25, -0.2) is 4.68 Å². The van der Waals surface area contributed by atoms with Crippen molar-refractivity contribution in [2.75, 3.05) is 5.73 Å². The molecule has 1 heterocycles. The number of hydrogen-bond donors (Lipinski definition) is 1. The SMILES string of the molecule is C=Cc1nc(N)nn1C=C.CC. The first-order valence-corrected chi connectivity index (χ1v) is 3.75. The zero-order chi connectivity index (χ0) is 9.56. The van der Waals surface area contributed by atoms with Crippen LogP contribution in [0.4, 0.5) is 5.95 Å². The van der Waals surface area contributed by atoms with E-state index in [1.54, 1.807) is 6.08 Å². The topological polar surface area (TPSA) is 56.7 Å². The predicted molar refractivity (Wildman–Crippen MR) is 52.3 cm³/mol. The van der Waals surface area contributed by atoms with Gasteiger partial charge in [0.05, 0.1) is 0 Å². The number of aromatic nitrogens is 3. The summed E-state index contributed by atoms with van der Waals surface area (Å²) in [4.78, 5) is 3.84. The maximum Gasteiger partial charge on any atom is 0.240 e. The fraction of sp³-hybridized carbons (Fsp3) is 0.250. The van der Waals surface area contributed by atoms with Gasteiger partial charge in [0.25, 0.3) is 0 Å². The van der Waals surface area contributed by atoms with Gasteiger partial charge in [-0.3, -0.25) is 0 Å². The number of nitrogens with two attached hydrogens (primary N) is 1. The molecule has 4 heteroatoms. The Bertz CT molecular complexity index is 237. The third-order valence-electron chi connectivity index (χ3n) is 1.03. The smallest absolute Gasteiger partial charge is 0.240 e. The van der Waals surface area contributed by atoms with E-state index in [1.165, 1.54) is 10.9 Å². The second-order valence-corrected chi connectivity index (χ2v) is 1.66. The van der Waals surface area contributed by atoms with Crippen molar-refractivity contribution in [2.24, 2.45) is 0 Å². The normalized spacial score (nSPS) is 8.17. The fourth-order valence-electron chi connectivity index (χ4n) is 0.626. The summed E-state index contributed by atoms with van der Waals surface area (Å²) in [7, 11) is 0. The highest BCUT2D eigenvalue weighted by molar-refractivity contribution is 5.42. The number of anilines is 1. The molecule has 0 saturated carbocycles. The van der Waals surface area contributed by atoms with Crippen LogP contribution in [0.3, 0.4) is 0 Å². The molecule has 0 aliphatic carbocycles. The molecule has 0 radical (unpaired) electrons. The average molecular weight is 166 g/mol. The summed E-state index contributed by atoms with van der Waals surface area (Å²) in [5.41, 5.74) is 5.29. The minimum absolute atomic E-state index is 0.231. The average Bonchev–Trinajstić information content (AvgIpc) is 2.49. The van der Waals surface area contributed by atoms with Crippen LogP contribution in [0.2, 0.25) is 0 Å². The summed E-state index contributed by atoms with van der Waals surface area (Å²) in [5, 5.41) is 3.79. The molecule has 1 rings (SSSR count). The molecule has 0 atom stereocenters. The van der Waals surface area contributed by atoms with Crippen molar-refractivity contribution in [3.63, 3.8) is 0 Å². The predicted octanol–water partition coefficient (Wildman–Crippen LogP) is 1.63. The maximum atomic E-state index is 5.29. The van der Waals surface area contributed by atoms with Gasteiger partial charge in [-0.15, -0.1) is 5.10 Å². The van der Waals surface area contributed by atoms with Gasteiger partial charge in [-0.1, -0.05) is 27.0 Å². The molecule has 0 saturated heterocycles. The van der Waals surface area contributed by atoms with Gasteiger partial charge in [-0.05, 0) is 6.08 Å². The fourth-order valence-corrected chi connectivity index (χ4v) is 0.626. The molecule has 2 N–H and O–H groups in total. The van der Waals surface area contributed by atoms with Gasteiger partial charge in [0.2, 0.25) is 5.95 Å². The second-order valence-electron chi connectivity index (χ2n) is 1.66. The highest BCUT2D eigenvalue weighted by Crippen LogP contribution is 2.00. The van der Waals surface area contributed by atoms with Crippen molar-refractivity contribution in [1.29, 1.82) is 0 Å². The molecule has 1 aromatic rings. The monoisotopic (exact) mass is 166 g/mol. The van der Waals surface area contributed by atoms with E-state index in [0.29, 0.717) is 5.82 Å². The summed E-state index contributed by atoms with van der Waals surface area (Å²) < 4.78 is 1.46. The Morgan fingerprint density at radius 3 is 2.33 bits per heavy atom. The number of nitrogens with zero attached hydrogens (tertiary/aromatic N) is 3. The molecule has 0 aliphatic heterocycles. The van der Waals surface area contributed by atoms with Crippen molar-refractivity contribution in [2.45, 2.75) is 13.8 Å². The zero-order valence-corrected chi connectivity index (χ0v) is 7.49. The molecule has 0 spiro atoms. The summed E-state index contributed by atoms with van der Waals surface area (Å²) in [6.07, 6.45) is 3.07. The molecule has 12 heavy (non-hydrogen) atoms. The van der Waals surface area contributed by atoms with E-state index in [-0.39, 0.29) is 5.95 Å². The van der Waals surface area contributed by atoms with Crippen molar-refractivity contribution in [3.8, 4) is 0 Å². The first-order chi connectivity index (χ1) is 5.77. The van der Waals surface area contributed by atoms with Gasteiger partial charge in [-0.2, -0.15) is 4.98 Å². The lowest BCUT2D eigenvalue weighted by molar-refractivity contribution is 0.928. The van der Waals surface area contributed by atoms with E-state index in [9.17, 15) is 0 Å². The van der Waals surface area contributed by atoms with E-state index < -0.39 is 0 Å². The molecule has 0 fully saturated rings. The first-order valence-electron chi connectivity index (χ1n) is 3.75. The quantitative estimate of drug-likeness (QED) is 0.726. The Hall–Kier alpha value is -1.58. The molecular weight excluding hydrogens is 152 g/mol. The highest BCUT2D eigenvalue weighted by atomic mass is 15.4. The molecule has 0 aromatic carbocycles. The lowest BCUT2D eigenvalue weighted by Gasteiger charge is -1.88. The summed E-state index contributed by atoms with van der Waals surface area (Å²) in [6.45, 7) is 11.0. The van der Waals surface area contributed by atoms with Crippen LogP contribution < -0.4 is 5.73 Å². The van der Waals surface area contributed by atoms with Crippen LogP contribution in [0.5, 0.6) is 0 Å². The molecular formula is C8H14N4. The van der Waals surface area contributed by atoms with Gasteiger partial charge in [0.15, 0.2) is 5.82 Å². The third kappa shape index (κ3) is 2.23. The van der Waals surface area contributed by atoms with Crippen LogP contribution in [0.1, 0.15) is 19.7 Å². The molecule has 0 unspecified atom stereocenters. The standard InChI is InChI=1S/C6H8N4.C2H6/c1-3-5-8-6(7)9-10(5)4-2;1-2/h3-4H,1-2H2,(H2,7,9);1-2H3. The van der Waals surface area contributed by atoms with Gasteiger partial charge < -0.3 is 5.73 Å². The summed E-state index contributed by atoms with van der Waals surface area (Å²) >= 11 is 0. The Morgan fingerprint density at radius 2 is 2.00 bits per heavy atom. The molecule has 0 bridgehead atoms. The second kappa shape index (κ2) is 5.12. The number of hydrogen-bond acceptors (Lipinski definition) is 3. The van der Waals surface area contributed by atoms with Crippen LogP contribution in [-0.2, 0) is 0 Å². The summed E-state index contributed by atoms with van der Waals surface area (Å²) in [6, 6.07) is 0. The molecule has 0 amide bonds. The van der Waals surface area contributed by atoms with Crippen molar-refractivity contribution in [3.05, 3.63) is 19.0 Å². The van der Waals surface area contributed by atoms with Gasteiger partial charge in [0.1, 0.15) is 0 Å². The molecule has 1 aromatic heterocycles. The lowest BCUT2D eigenvalue weighted by atomic mass is 10.6. The van der Waals surface area contributed by atoms with Crippen LogP contribution >= 0.6 is 0 Å². The van der Waals surface area contributed by atoms with Crippen molar-refractivity contribution >= 4 is 18.2 Å². The zero-order valence-electron chi connectivity index (χ0n) is 7.49. The van der Waals surface area contributed by atoms with Crippen LogP contribution in [0.25, 0.3) is 12.3 Å². The van der Waals surface area contributed by atoms with Gasteiger partial charge >= 0.3 is 0 Å². The van der Waals surface area contributed by atoms with E-state index in [2.05, 4.69) is 23.2 Å². The lowest BCUT2D eigenvalue weighted by Crippen LogP contribution is -1.91. The van der Waals surface area contributed by atoms with Crippen LogP contribution in [0.15, 0.2) is 13.2 Å². The largest absolute Gasteiger partial charge is 0.366 e. The van der Waals surface area contributed by atoms with E-state index >= 15 is 0 Å². The molecule has 4 nitrogen and oxygen atoms in total. The molecule has 66 valence electrons. The minimum atomic E-state index is 0.231. The van der Waals surface area contributed by atoms with E-state index in [0.717, 1.165) is 0 Å². The Balaban J connectivity index is 0.000000561. The Morgan fingerprint density at radius 1 is 1.42 bits per heavy atom. The first kappa shape index (κ1) is 10.4. The maximum absolute atomic E-state index is 5.29. The van der Waals surface area contributed by atoms with Crippen molar-refractivity contribution < 1.29 is 0 Å². The summed E-state index contributed by atoms with van der Waals surface area (Å²) in [5.74, 6) is 0.835. The number of nitrogen functional groups attached to an aromatic ring is 1. The number of rotatable bonds is 2. The highest BCUT2D eigenvalue weighted by Gasteiger charge is 1.98. The van der Waals surface area contributed by atoms with Crippen molar-refractivity contribution in [1.82, 2.24) is 14.8 Å². The van der Waals surface area contributed by atoms with E-state index in [4.69, 9.17) is 5.73 Å². The molecule has 0 aliphatic rings. The minimum Gasteiger partial charge on any atom is -0.366 e. The third-order valence-corrected chi connectivity index (χ3v) is 1.03. The van der Waals surface area contributed by atoms with Crippen LogP contribution in [0, 0.1) is 0 Å². The van der Waals surface area contributed by atoms with Crippen LogP contribution in [-0.4, -0.2) is 14.8 Å². The Labute approximate surface area is 72.4 Å². The Kier molecular flexibility index (Phi) is 4.45.